The first-order valence-corrected chi connectivity index (χ1v) is 12.2. The van der Waals surface area contributed by atoms with Crippen molar-refractivity contribution in [1.29, 1.82) is 0 Å². The Bertz CT molecular complexity index is 1400. The molecule has 1 aliphatic heterocycles. The summed E-state index contributed by atoms with van der Waals surface area (Å²) in [6.07, 6.45) is 8.33. The highest BCUT2D eigenvalue weighted by molar-refractivity contribution is 6.30. The Morgan fingerprint density at radius 3 is 2.67 bits per heavy atom. The van der Waals surface area contributed by atoms with Crippen LogP contribution in [0.5, 0.6) is 0 Å². The third kappa shape index (κ3) is 4.70. The summed E-state index contributed by atoms with van der Waals surface area (Å²) in [6, 6.07) is 7.63. The smallest absolute Gasteiger partial charge is 0.410 e. The van der Waals surface area contributed by atoms with Crippen molar-refractivity contribution in [3.8, 4) is 16.9 Å². The van der Waals surface area contributed by atoms with Crippen molar-refractivity contribution in [2.45, 2.75) is 39.3 Å². The number of carbonyl (C=O) groups is 1. The molecule has 5 rings (SSSR count). The van der Waals surface area contributed by atoms with Crippen LogP contribution in [0.4, 0.5) is 10.6 Å². The van der Waals surface area contributed by atoms with E-state index in [1.165, 1.54) is 0 Å². The van der Waals surface area contributed by atoms with Crippen LogP contribution in [0.3, 0.4) is 0 Å². The van der Waals surface area contributed by atoms with E-state index in [1.54, 1.807) is 29.8 Å². The van der Waals surface area contributed by atoms with Gasteiger partial charge in [0.1, 0.15) is 17.7 Å². The van der Waals surface area contributed by atoms with Crippen molar-refractivity contribution in [2.75, 3.05) is 24.5 Å². The SMILES string of the molecule is C[C@H]1CN(C(=O)OC(C)(C)C)CCN1c1ncnc2c1c(-c1cnccn1)cn2-c1cccc(Cl)c1. The number of carbonyl (C=O) groups excluding carboxylic acids is 1. The van der Waals surface area contributed by atoms with Crippen molar-refractivity contribution >= 4 is 34.5 Å². The minimum absolute atomic E-state index is 0.00796. The van der Waals surface area contributed by atoms with Crippen molar-refractivity contribution in [3.05, 3.63) is 60.4 Å². The molecule has 1 amide bonds. The van der Waals surface area contributed by atoms with Crippen LogP contribution in [-0.2, 0) is 4.74 Å². The molecule has 0 unspecified atom stereocenters. The van der Waals surface area contributed by atoms with Gasteiger partial charge >= 0.3 is 6.09 Å². The van der Waals surface area contributed by atoms with Crippen molar-refractivity contribution in [3.63, 3.8) is 0 Å². The Morgan fingerprint density at radius 2 is 1.97 bits per heavy atom. The van der Waals surface area contributed by atoms with Crippen LogP contribution < -0.4 is 4.90 Å². The molecule has 1 atom stereocenters. The third-order valence-corrected chi connectivity index (χ3v) is 6.27. The number of fused-ring (bicyclic) bond motifs is 1. The van der Waals surface area contributed by atoms with Gasteiger partial charge in [0.05, 0.1) is 17.3 Å². The molecule has 9 nitrogen and oxygen atoms in total. The maximum atomic E-state index is 12.7. The zero-order valence-corrected chi connectivity index (χ0v) is 21.5. The van der Waals surface area contributed by atoms with Gasteiger partial charge in [-0.05, 0) is 45.9 Å². The molecule has 4 heterocycles. The third-order valence-electron chi connectivity index (χ3n) is 6.04. The van der Waals surface area contributed by atoms with Gasteiger partial charge in [0.15, 0.2) is 5.65 Å². The maximum Gasteiger partial charge on any atom is 0.410 e. The highest BCUT2D eigenvalue weighted by atomic mass is 35.5. The number of anilines is 1. The molecule has 0 bridgehead atoms. The normalized spacial score (nSPS) is 16.4. The maximum absolute atomic E-state index is 12.7. The lowest BCUT2D eigenvalue weighted by molar-refractivity contribution is 0.0218. The zero-order chi connectivity index (χ0) is 25.4. The molecule has 0 spiro atoms. The Balaban J connectivity index is 1.58. The standard InChI is InChI=1S/C26H28ClN7O2/c1-17-14-32(25(35)36-26(2,3)4)10-11-33(17)23-22-20(21-13-28-8-9-29-21)15-34(24(22)31-16-30-23)19-7-5-6-18(27)12-19/h5-9,12-13,15-17H,10-11,14H2,1-4H3/t17-/m0/s1. The average Bonchev–Trinajstić information content (AvgIpc) is 3.24. The number of hydrogen-bond donors (Lipinski definition) is 0. The summed E-state index contributed by atoms with van der Waals surface area (Å²) >= 11 is 6.30. The number of hydrogen-bond acceptors (Lipinski definition) is 7. The quantitative estimate of drug-likeness (QED) is 0.388. The lowest BCUT2D eigenvalue weighted by Gasteiger charge is -2.41. The number of amides is 1. The molecule has 1 aromatic carbocycles. The number of halogens is 1. The summed E-state index contributed by atoms with van der Waals surface area (Å²) in [5.41, 5.74) is 2.68. The molecular formula is C26H28ClN7O2. The predicted molar refractivity (Wildman–Crippen MR) is 140 cm³/mol. The van der Waals surface area contributed by atoms with Crippen molar-refractivity contribution in [1.82, 2.24) is 29.4 Å². The minimum Gasteiger partial charge on any atom is -0.444 e. The second kappa shape index (κ2) is 9.39. The minimum atomic E-state index is -0.537. The summed E-state index contributed by atoms with van der Waals surface area (Å²) < 4.78 is 7.59. The van der Waals surface area contributed by atoms with Crippen LogP contribution in [0, 0.1) is 0 Å². The summed E-state index contributed by atoms with van der Waals surface area (Å²) in [5, 5.41) is 1.51. The van der Waals surface area contributed by atoms with Crippen LogP contribution in [0.15, 0.2) is 55.4 Å². The largest absolute Gasteiger partial charge is 0.444 e. The van der Waals surface area contributed by atoms with Gasteiger partial charge in [0, 0.05) is 60.5 Å². The summed E-state index contributed by atoms with van der Waals surface area (Å²) in [5.74, 6) is 0.790. The number of aromatic nitrogens is 5. The first kappa shape index (κ1) is 24.0. The average molecular weight is 506 g/mol. The van der Waals surface area contributed by atoms with Gasteiger partial charge < -0.3 is 19.1 Å². The van der Waals surface area contributed by atoms with Gasteiger partial charge in [-0.25, -0.2) is 14.8 Å². The Hall–Kier alpha value is -3.72. The van der Waals surface area contributed by atoms with E-state index >= 15 is 0 Å². The topological polar surface area (TPSA) is 89.3 Å². The summed E-state index contributed by atoms with van der Waals surface area (Å²) in [6.45, 7) is 9.37. The molecule has 1 fully saturated rings. The van der Waals surface area contributed by atoms with Gasteiger partial charge in [0.2, 0.25) is 0 Å². The lowest BCUT2D eigenvalue weighted by atomic mass is 10.1. The van der Waals surface area contributed by atoms with E-state index in [2.05, 4.69) is 26.8 Å². The summed E-state index contributed by atoms with van der Waals surface area (Å²) in [4.78, 5) is 34.8. The first-order valence-electron chi connectivity index (χ1n) is 11.8. The lowest BCUT2D eigenvalue weighted by Crippen LogP contribution is -2.54. The first-order chi connectivity index (χ1) is 17.2. The molecule has 186 valence electrons. The fourth-order valence-corrected chi connectivity index (χ4v) is 4.67. The predicted octanol–water partition coefficient (Wildman–Crippen LogP) is 4.98. The Kier molecular flexibility index (Phi) is 6.26. The second-order valence-electron chi connectivity index (χ2n) is 9.85. The van der Waals surface area contributed by atoms with Crippen LogP contribution >= 0.6 is 11.6 Å². The zero-order valence-electron chi connectivity index (χ0n) is 20.7. The van der Waals surface area contributed by atoms with Gasteiger partial charge in [-0.1, -0.05) is 17.7 Å². The molecule has 4 aromatic rings. The molecule has 1 saturated heterocycles. The fraction of sp³-hybridized carbons (Fsp3) is 0.346. The number of ether oxygens (including phenoxy) is 1. The van der Waals surface area contributed by atoms with E-state index < -0.39 is 5.60 Å². The van der Waals surface area contributed by atoms with Gasteiger partial charge in [-0.3, -0.25) is 9.97 Å². The second-order valence-corrected chi connectivity index (χ2v) is 10.3. The summed E-state index contributed by atoms with van der Waals surface area (Å²) in [7, 11) is 0. The monoisotopic (exact) mass is 505 g/mol. The van der Waals surface area contributed by atoms with Crippen LogP contribution in [0.2, 0.25) is 5.02 Å². The molecule has 10 heteroatoms. The molecule has 0 radical (unpaired) electrons. The van der Waals surface area contributed by atoms with Gasteiger partial charge in [-0.2, -0.15) is 0 Å². The highest BCUT2D eigenvalue weighted by Gasteiger charge is 2.32. The van der Waals surface area contributed by atoms with E-state index in [4.69, 9.17) is 21.3 Å². The van der Waals surface area contributed by atoms with Crippen LogP contribution in [0.1, 0.15) is 27.7 Å². The van der Waals surface area contributed by atoms with E-state index in [9.17, 15) is 4.79 Å². The number of piperazine rings is 1. The molecule has 1 aliphatic rings. The van der Waals surface area contributed by atoms with E-state index in [-0.39, 0.29) is 12.1 Å². The van der Waals surface area contributed by atoms with Crippen LogP contribution in [0.25, 0.3) is 28.0 Å². The number of benzene rings is 1. The number of nitrogens with zero attached hydrogens (tertiary/aromatic N) is 7. The van der Waals surface area contributed by atoms with E-state index in [1.807, 2.05) is 55.8 Å². The fourth-order valence-electron chi connectivity index (χ4n) is 4.48. The van der Waals surface area contributed by atoms with Crippen molar-refractivity contribution in [2.24, 2.45) is 0 Å². The molecule has 36 heavy (non-hydrogen) atoms. The number of rotatable bonds is 3. The van der Waals surface area contributed by atoms with E-state index in [0.717, 1.165) is 33.8 Å². The van der Waals surface area contributed by atoms with Crippen molar-refractivity contribution < 1.29 is 9.53 Å². The molecule has 0 saturated carbocycles. The van der Waals surface area contributed by atoms with E-state index in [0.29, 0.717) is 24.7 Å². The molecular weight excluding hydrogens is 478 g/mol. The molecule has 0 aliphatic carbocycles. The molecule has 0 N–H and O–H groups in total. The van der Waals surface area contributed by atoms with Gasteiger partial charge in [-0.15, -0.1) is 0 Å². The Labute approximate surface area is 214 Å². The Morgan fingerprint density at radius 1 is 1.14 bits per heavy atom. The van der Waals surface area contributed by atoms with Crippen LogP contribution in [-0.4, -0.2) is 66.8 Å². The molecule has 3 aromatic heterocycles. The highest BCUT2D eigenvalue weighted by Crippen LogP contribution is 2.37. The van der Waals surface area contributed by atoms with Gasteiger partial charge in [0.25, 0.3) is 0 Å².